The molecule has 1 aliphatic carbocycles. The van der Waals surface area contributed by atoms with E-state index < -0.39 is 9.84 Å². The number of nitrogens with zero attached hydrogens (tertiary/aromatic N) is 1. The standard InChI is InChI=1S/C14H28N2O2S/c1-11-6-7-12(2)16(9-11)14(10-15)8-4-5-13(14)19(3,17)18/h11-13H,4-10,15H2,1-3H3. The molecule has 0 aromatic heterocycles. The summed E-state index contributed by atoms with van der Waals surface area (Å²) in [5.41, 5.74) is 5.77. The van der Waals surface area contributed by atoms with Crippen molar-refractivity contribution in [3.63, 3.8) is 0 Å². The second-order valence-corrected chi connectivity index (χ2v) is 8.93. The fourth-order valence-electron chi connectivity index (χ4n) is 4.22. The van der Waals surface area contributed by atoms with Crippen LogP contribution >= 0.6 is 0 Å². The van der Waals surface area contributed by atoms with Crippen molar-refractivity contribution in [3.8, 4) is 0 Å². The summed E-state index contributed by atoms with van der Waals surface area (Å²) in [6.07, 6.45) is 6.45. The lowest BCUT2D eigenvalue weighted by atomic mass is 9.86. The van der Waals surface area contributed by atoms with Crippen LogP contribution < -0.4 is 5.73 Å². The molecule has 2 N–H and O–H groups in total. The van der Waals surface area contributed by atoms with Gasteiger partial charge < -0.3 is 5.73 Å². The van der Waals surface area contributed by atoms with E-state index in [9.17, 15) is 8.42 Å². The maximum absolute atomic E-state index is 12.2. The van der Waals surface area contributed by atoms with Crippen molar-refractivity contribution in [2.45, 2.75) is 62.8 Å². The first-order valence-electron chi connectivity index (χ1n) is 7.47. The van der Waals surface area contributed by atoms with Crippen LogP contribution in [0.5, 0.6) is 0 Å². The van der Waals surface area contributed by atoms with Crippen LogP contribution in [0.2, 0.25) is 0 Å². The summed E-state index contributed by atoms with van der Waals surface area (Å²) in [6.45, 7) is 5.93. The Hall–Kier alpha value is -0.130. The molecule has 2 rings (SSSR count). The van der Waals surface area contributed by atoms with E-state index in [-0.39, 0.29) is 10.8 Å². The molecule has 0 radical (unpaired) electrons. The smallest absolute Gasteiger partial charge is 0.152 e. The van der Waals surface area contributed by atoms with Gasteiger partial charge in [-0.25, -0.2) is 8.42 Å². The topological polar surface area (TPSA) is 63.4 Å². The van der Waals surface area contributed by atoms with Crippen molar-refractivity contribution < 1.29 is 8.42 Å². The zero-order valence-electron chi connectivity index (χ0n) is 12.4. The van der Waals surface area contributed by atoms with Crippen LogP contribution in [-0.4, -0.2) is 49.5 Å². The highest BCUT2D eigenvalue weighted by atomic mass is 32.2. The Morgan fingerprint density at radius 2 is 1.95 bits per heavy atom. The molecular weight excluding hydrogens is 260 g/mol. The molecule has 4 unspecified atom stereocenters. The summed E-state index contributed by atoms with van der Waals surface area (Å²) < 4.78 is 24.3. The predicted molar refractivity (Wildman–Crippen MR) is 78.8 cm³/mol. The SMILES string of the molecule is CC1CCC(C)N(C2(CN)CCCC2S(C)(=O)=O)C1. The van der Waals surface area contributed by atoms with Gasteiger partial charge in [0.15, 0.2) is 9.84 Å². The van der Waals surface area contributed by atoms with Gasteiger partial charge in [-0.05, 0) is 38.5 Å². The van der Waals surface area contributed by atoms with Gasteiger partial charge >= 0.3 is 0 Å². The van der Waals surface area contributed by atoms with Crippen LogP contribution in [-0.2, 0) is 9.84 Å². The molecule has 4 nitrogen and oxygen atoms in total. The Balaban J connectivity index is 2.35. The Kier molecular flexibility index (Phi) is 4.29. The van der Waals surface area contributed by atoms with Crippen molar-refractivity contribution in [1.82, 2.24) is 4.90 Å². The summed E-state index contributed by atoms with van der Waals surface area (Å²) in [4.78, 5) is 2.43. The van der Waals surface area contributed by atoms with E-state index >= 15 is 0 Å². The van der Waals surface area contributed by atoms with E-state index in [0.29, 0.717) is 18.5 Å². The summed E-state index contributed by atoms with van der Waals surface area (Å²) in [6, 6.07) is 0.446. The minimum atomic E-state index is -3.03. The molecule has 2 aliphatic rings. The third-order valence-electron chi connectivity index (χ3n) is 5.24. The Morgan fingerprint density at radius 3 is 2.53 bits per heavy atom. The fraction of sp³-hybridized carbons (Fsp3) is 1.00. The maximum Gasteiger partial charge on any atom is 0.152 e. The van der Waals surface area contributed by atoms with Crippen molar-refractivity contribution in [2.24, 2.45) is 11.7 Å². The molecular formula is C14H28N2O2S. The first-order chi connectivity index (χ1) is 8.81. The number of sulfone groups is 1. The summed E-state index contributed by atoms with van der Waals surface area (Å²) in [5.74, 6) is 0.639. The van der Waals surface area contributed by atoms with E-state index in [1.165, 1.54) is 12.7 Å². The molecule has 1 saturated heterocycles. The molecule has 0 bridgehead atoms. The second-order valence-electron chi connectivity index (χ2n) is 6.70. The molecule has 0 spiro atoms. The molecule has 0 aromatic carbocycles. The Morgan fingerprint density at radius 1 is 1.26 bits per heavy atom. The van der Waals surface area contributed by atoms with Gasteiger partial charge in [0.2, 0.25) is 0 Å². The zero-order valence-corrected chi connectivity index (χ0v) is 13.2. The Labute approximate surface area is 117 Å². The van der Waals surface area contributed by atoms with E-state index in [0.717, 1.165) is 32.2 Å². The molecule has 5 heteroatoms. The van der Waals surface area contributed by atoms with E-state index in [2.05, 4.69) is 18.7 Å². The summed E-state index contributed by atoms with van der Waals surface area (Å²) >= 11 is 0. The number of piperidine rings is 1. The van der Waals surface area contributed by atoms with Gasteiger partial charge in [-0.1, -0.05) is 13.3 Å². The molecule has 112 valence electrons. The lowest BCUT2D eigenvalue weighted by Crippen LogP contribution is -2.64. The van der Waals surface area contributed by atoms with Crippen LogP contribution in [0, 0.1) is 5.92 Å². The molecule has 19 heavy (non-hydrogen) atoms. The first kappa shape index (κ1) is 15.3. The maximum atomic E-state index is 12.2. The van der Waals surface area contributed by atoms with E-state index in [1.54, 1.807) is 0 Å². The van der Waals surface area contributed by atoms with Crippen LogP contribution in [0.1, 0.15) is 46.0 Å². The van der Waals surface area contributed by atoms with Crippen LogP contribution in [0.3, 0.4) is 0 Å². The number of hydrogen-bond donors (Lipinski definition) is 1. The number of likely N-dealkylation sites (tertiary alicyclic amines) is 1. The Bertz CT molecular complexity index is 423. The molecule has 1 heterocycles. The highest BCUT2D eigenvalue weighted by molar-refractivity contribution is 7.91. The first-order valence-corrected chi connectivity index (χ1v) is 9.42. The average Bonchev–Trinajstić information content (AvgIpc) is 2.77. The zero-order chi connectivity index (χ0) is 14.3. The van der Waals surface area contributed by atoms with Crippen molar-refractivity contribution >= 4 is 9.84 Å². The van der Waals surface area contributed by atoms with E-state index in [4.69, 9.17) is 5.73 Å². The lowest BCUT2D eigenvalue weighted by molar-refractivity contribution is 0.0157. The predicted octanol–water partition coefficient (Wildman–Crippen LogP) is 1.40. The molecule has 0 aromatic rings. The second kappa shape index (κ2) is 5.34. The molecule has 4 atom stereocenters. The minimum Gasteiger partial charge on any atom is -0.329 e. The lowest BCUT2D eigenvalue weighted by Gasteiger charge is -2.50. The highest BCUT2D eigenvalue weighted by Crippen LogP contribution is 2.42. The number of rotatable bonds is 3. The molecule has 1 aliphatic heterocycles. The van der Waals surface area contributed by atoms with Crippen LogP contribution in [0.4, 0.5) is 0 Å². The monoisotopic (exact) mass is 288 g/mol. The van der Waals surface area contributed by atoms with Crippen molar-refractivity contribution in [2.75, 3.05) is 19.3 Å². The van der Waals surface area contributed by atoms with E-state index in [1.807, 2.05) is 0 Å². The largest absolute Gasteiger partial charge is 0.329 e. The highest BCUT2D eigenvalue weighted by Gasteiger charge is 2.52. The third kappa shape index (κ3) is 2.69. The number of hydrogen-bond acceptors (Lipinski definition) is 4. The average molecular weight is 288 g/mol. The van der Waals surface area contributed by atoms with Gasteiger partial charge in [0.05, 0.1) is 10.8 Å². The summed E-state index contributed by atoms with van der Waals surface area (Å²) in [7, 11) is -3.03. The van der Waals surface area contributed by atoms with Crippen LogP contribution in [0.15, 0.2) is 0 Å². The van der Waals surface area contributed by atoms with Gasteiger partial charge in [-0.2, -0.15) is 0 Å². The molecule has 2 fully saturated rings. The van der Waals surface area contributed by atoms with Crippen molar-refractivity contribution in [1.29, 1.82) is 0 Å². The third-order valence-corrected chi connectivity index (χ3v) is 6.94. The minimum absolute atomic E-state index is 0.280. The fourth-order valence-corrected chi connectivity index (χ4v) is 5.97. The summed E-state index contributed by atoms with van der Waals surface area (Å²) in [5, 5.41) is -0.280. The van der Waals surface area contributed by atoms with Gasteiger partial charge in [-0.15, -0.1) is 0 Å². The van der Waals surface area contributed by atoms with Gasteiger partial charge in [0.1, 0.15) is 0 Å². The van der Waals surface area contributed by atoms with Crippen molar-refractivity contribution in [3.05, 3.63) is 0 Å². The van der Waals surface area contributed by atoms with Gasteiger partial charge in [-0.3, -0.25) is 4.90 Å². The normalized spacial score (nSPS) is 41.6. The quantitative estimate of drug-likeness (QED) is 0.852. The van der Waals surface area contributed by atoms with Crippen LogP contribution in [0.25, 0.3) is 0 Å². The van der Waals surface area contributed by atoms with Gasteiger partial charge in [0.25, 0.3) is 0 Å². The molecule has 1 saturated carbocycles. The van der Waals surface area contributed by atoms with Gasteiger partial charge in [0, 0.05) is 25.4 Å². The molecule has 0 amide bonds. The number of nitrogens with two attached hydrogens (primary N) is 1.